The zero-order valence-corrected chi connectivity index (χ0v) is 11.0. The van der Waals surface area contributed by atoms with E-state index >= 15 is 0 Å². The predicted molar refractivity (Wildman–Crippen MR) is 71.0 cm³/mol. The first kappa shape index (κ1) is 14.2. The number of hydrogen-bond acceptors (Lipinski definition) is 5. The number of nitrogens with zero attached hydrogens (tertiary/aromatic N) is 3. The molecule has 1 heterocycles. The lowest BCUT2D eigenvalue weighted by Gasteiger charge is -2.24. The van der Waals surface area contributed by atoms with Gasteiger partial charge in [0.25, 0.3) is 6.20 Å². The lowest BCUT2D eigenvalue weighted by atomic mass is 10.3. The minimum Gasteiger partial charge on any atom is -0.369 e. The van der Waals surface area contributed by atoms with Gasteiger partial charge in [-0.15, -0.1) is 0 Å². The molecule has 0 radical (unpaired) electrons. The van der Waals surface area contributed by atoms with Crippen LogP contribution in [0.1, 0.15) is 13.3 Å². The van der Waals surface area contributed by atoms with Crippen LogP contribution in [0.2, 0.25) is 5.15 Å². The number of aromatic nitrogens is 1. The molecule has 7 heteroatoms. The number of pyridine rings is 1. The molecule has 1 aromatic rings. The maximum atomic E-state index is 10.6. The van der Waals surface area contributed by atoms with Crippen LogP contribution in [0.4, 0.5) is 5.69 Å². The highest BCUT2D eigenvalue weighted by molar-refractivity contribution is 6.29. The molecule has 0 aliphatic carbocycles. The molecule has 1 aromatic heterocycles. The molecule has 1 N–H and O–H groups in total. The lowest BCUT2D eigenvalue weighted by molar-refractivity contribution is -0.403. The largest absolute Gasteiger partial charge is 0.369 e. The van der Waals surface area contributed by atoms with Crippen molar-refractivity contribution < 1.29 is 4.92 Å². The molecule has 0 aromatic carbocycles. The maximum absolute atomic E-state index is 10.6. The third-order valence-corrected chi connectivity index (χ3v) is 2.47. The third kappa shape index (κ3) is 3.89. The van der Waals surface area contributed by atoms with Crippen LogP contribution in [-0.4, -0.2) is 23.5 Å². The van der Waals surface area contributed by atoms with Gasteiger partial charge in [0.15, 0.2) is 5.82 Å². The summed E-state index contributed by atoms with van der Waals surface area (Å²) in [6.45, 7) is 2.64. The summed E-state index contributed by atoms with van der Waals surface area (Å²) in [5.41, 5.74) is 0.753. The monoisotopic (exact) mass is 270 g/mol. The van der Waals surface area contributed by atoms with Gasteiger partial charge < -0.3 is 10.2 Å². The fourth-order valence-corrected chi connectivity index (χ4v) is 1.62. The van der Waals surface area contributed by atoms with Crippen LogP contribution in [0, 0.1) is 10.1 Å². The van der Waals surface area contributed by atoms with Gasteiger partial charge in [0.2, 0.25) is 0 Å². The highest BCUT2D eigenvalue weighted by Crippen LogP contribution is 2.19. The highest BCUT2D eigenvalue weighted by Gasteiger charge is 2.13. The lowest BCUT2D eigenvalue weighted by Crippen LogP contribution is -2.31. The first-order valence-electron chi connectivity index (χ1n) is 5.50. The molecule has 98 valence electrons. The van der Waals surface area contributed by atoms with Crippen molar-refractivity contribution in [2.45, 2.75) is 13.3 Å². The number of hydrogen-bond donors (Lipinski definition) is 1. The first-order chi connectivity index (χ1) is 8.58. The molecule has 0 spiro atoms. The second-order valence-electron chi connectivity index (χ2n) is 3.54. The standard InChI is InChI=1S/C11H15ClN4O2/c1-3-6-15(11(13-2)8-16(17)18)9-4-5-10(12)14-7-9/h4-5,7-8,13H,3,6H2,1-2H3/b11-8-. The molecule has 18 heavy (non-hydrogen) atoms. The van der Waals surface area contributed by atoms with Crippen LogP contribution in [-0.2, 0) is 0 Å². The number of nitro groups is 1. The van der Waals surface area contributed by atoms with Gasteiger partial charge in [0.05, 0.1) is 16.8 Å². The molecule has 0 fully saturated rings. The van der Waals surface area contributed by atoms with Crippen molar-refractivity contribution in [1.29, 1.82) is 0 Å². The second kappa shape index (κ2) is 6.80. The Morgan fingerprint density at radius 1 is 1.67 bits per heavy atom. The molecule has 0 amide bonds. The molecule has 0 unspecified atom stereocenters. The van der Waals surface area contributed by atoms with E-state index in [1.54, 1.807) is 30.3 Å². The summed E-state index contributed by atoms with van der Waals surface area (Å²) in [6.07, 6.45) is 3.37. The predicted octanol–water partition coefficient (Wildman–Crippen LogP) is 2.25. The van der Waals surface area contributed by atoms with Crippen molar-refractivity contribution >= 4 is 17.3 Å². The van der Waals surface area contributed by atoms with Gasteiger partial charge in [-0.1, -0.05) is 18.5 Å². The Morgan fingerprint density at radius 2 is 2.39 bits per heavy atom. The topological polar surface area (TPSA) is 71.3 Å². The van der Waals surface area contributed by atoms with E-state index < -0.39 is 4.92 Å². The van der Waals surface area contributed by atoms with Crippen molar-refractivity contribution in [2.75, 3.05) is 18.5 Å². The number of halogens is 1. The summed E-state index contributed by atoms with van der Waals surface area (Å²) in [5.74, 6) is 0.408. The Morgan fingerprint density at radius 3 is 2.83 bits per heavy atom. The summed E-state index contributed by atoms with van der Waals surface area (Å²) in [4.78, 5) is 15.9. The summed E-state index contributed by atoms with van der Waals surface area (Å²) in [7, 11) is 1.64. The summed E-state index contributed by atoms with van der Waals surface area (Å²) < 4.78 is 0. The van der Waals surface area contributed by atoms with Crippen LogP contribution >= 0.6 is 11.6 Å². The van der Waals surface area contributed by atoms with E-state index in [1.165, 1.54) is 0 Å². The molecule has 0 atom stereocenters. The molecule has 0 aliphatic heterocycles. The van der Waals surface area contributed by atoms with E-state index in [1.807, 2.05) is 6.92 Å². The van der Waals surface area contributed by atoms with Gasteiger partial charge in [-0.25, -0.2) is 4.98 Å². The number of nitrogens with one attached hydrogen (secondary N) is 1. The molecule has 1 rings (SSSR count). The van der Waals surface area contributed by atoms with Crippen LogP contribution in [0.3, 0.4) is 0 Å². The molecule has 6 nitrogen and oxygen atoms in total. The van der Waals surface area contributed by atoms with Crippen molar-refractivity contribution in [3.63, 3.8) is 0 Å². The SMILES string of the molecule is CCCN(/C(=C\[N+](=O)[O-])NC)c1ccc(Cl)nc1. The maximum Gasteiger partial charge on any atom is 0.274 e. The van der Waals surface area contributed by atoms with Crippen molar-refractivity contribution in [3.05, 3.63) is 45.6 Å². The van der Waals surface area contributed by atoms with Crippen LogP contribution < -0.4 is 10.2 Å². The summed E-state index contributed by atoms with van der Waals surface area (Å²) >= 11 is 5.72. The second-order valence-corrected chi connectivity index (χ2v) is 3.93. The van der Waals surface area contributed by atoms with Crippen LogP contribution in [0.5, 0.6) is 0 Å². The number of anilines is 1. The van der Waals surface area contributed by atoms with Gasteiger partial charge >= 0.3 is 0 Å². The van der Waals surface area contributed by atoms with Gasteiger partial charge in [0.1, 0.15) is 5.15 Å². The molecular weight excluding hydrogens is 256 g/mol. The minimum atomic E-state index is -0.488. The average molecular weight is 271 g/mol. The molecular formula is C11H15ClN4O2. The fraction of sp³-hybridized carbons (Fsp3) is 0.364. The Bertz CT molecular complexity index is 433. The molecule has 0 saturated carbocycles. The minimum absolute atomic E-state index is 0.388. The first-order valence-corrected chi connectivity index (χ1v) is 5.88. The van der Waals surface area contributed by atoms with E-state index in [-0.39, 0.29) is 0 Å². The Balaban J connectivity index is 3.07. The van der Waals surface area contributed by atoms with Crippen molar-refractivity contribution in [3.8, 4) is 0 Å². The van der Waals surface area contributed by atoms with Crippen molar-refractivity contribution in [2.24, 2.45) is 0 Å². The Labute approximate surface area is 110 Å². The van der Waals surface area contributed by atoms with E-state index in [4.69, 9.17) is 11.6 Å². The van der Waals surface area contributed by atoms with E-state index in [0.29, 0.717) is 17.5 Å². The fourth-order valence-electron chi connectivity index (χ4n) is 1.51. The van der Waals surface area contributed by atoms with Gasteiger partial charge in [0, 0.05) is 13.6 Å². The zero-order valence-electron chi connectivity index (χ0n) is 10.3. The van der Waals surface area contributed by atoms with Gasteiger partial charge in [-0.2, -0.15) is 0 Å². The van der Waals surface area contributed by atoms with Gasteiger partial charge in [-0.3, -0.25) is 10.1 Å². The smallest absolute Gasteiger partial charge is 0.274 e. The highest BCUT2D eigenvalue weighted by atomic mass is 35.5. The Kier molecular flexibility index (Phi) is 5.38. The summed E-state index contributed by atoms with van der Waals surface area (Å²) in [5, 5.41) is 13.8. The third-order valence-electron chi connectivity index (χ3n) is 2.25. The zero-order chi connectivity index (χ0) is 13.5. The Hall–Kier alpha value is -1.82. The van der Waals surface area contributed by atoms with Crippen LogP contribution in [0.15, 0.2) is 30.4 Å². The number of rotatable bonds is 6. The van der Waals surface area contributed by atoms with Crippen LogP contribution in [0.25, 0.3) is 0 Å². The van der Waals surface area contributed by atoms with E-state index in [0.717, 1.165) is 18.3 Å². The van der Waals surface area contributed by atoms with E-state index in [9.17, 15) is 10.1 Å². The average Bonchev–Trinajstić information content (AvgIpc) is 2.34. The van der Waals surface area contributed by atoms with Gasteiger partial charge in [-0.05, 0) is 18.6 Å². The van der Waals surface area contributed by atoms with E-state index in [2.05, 4.69) is 10.3 Å². The normalized spacial score (nSPS) is 11.2. The molecule has 0 aliphatic rings. The molecule has 0 bridgehead atoms. The van der Waals surface area contributed by atoms with Crippen molar-refractivity contribution in [1.82, 2.24) is 10.3 Å². The quantitative estimate of drug-likeness (QED) is 0.488. The molecule has 0 saturated heterocycles. The summed E-state index contributed by atoms with van der Waals surface area (Å²) in [6, 6.07) is 3.43.